The van der Waals surface area contributed by atoms with E-state index < -0.39 is 0 Å². The van der Waals surface area contributed by atoms with Gasteiger partial charge < -0.3 is 14.4 Å². The van der Waals surface area contributed by atoms with Gasteiger partial charge in [-0.25, -0.2) is 9.97 Å². The van der Waals surface area contributed by atoms with Crippen LogP contribution < -0.4 is 0 Å². The molecular formula is C11H12ClN3O2. The summed E-state index contributed by atoms with van der Waals surface area (Å²) in [6.07, 6.45) is 4.95. The van der Waals surface area contributed by atoms with Crippen LogP contribution in [-0.2, 0) is 4.74 Å². The Morgan fingerprint density at radius 1 is 1.47 bits per heavy atom. The fraction of sp³-hybridized carbons (Fsp3) is 0.455. The van der Waals surface area contributed by atoms with Crippen LogP contribution in [-0.4, -0.2) is 32.4 Å². The summed E-state index contributed by atoms with van der Waals surface area (Å²) in [5, 5.41) is 9.46. The first-order valence-corrected chi connectivity index (χ1v) is 5.90. The third kappa shape index (κ3) is 1.80. The first-order valence-electron chi connectivity index (χ1n) is 5.53. The molecule has 0 radical (unpaired) electrons. The van der Waals surface area contributed by atoms with E-state index in [0.717, 1.165) is 18.4 Å². The van der Waals surface area contributed by atoms with E-state index in [9.17, 15) is 0 Å². The van der Waals surface area contributed by atoms with Crippen LogP contribution in [0.3, 0.4) is 0 Å². The maximum Gasteiger partial charge on any atom is 0.156 e. The molecule has 1 aliphatic rings. The van der Waals surface area contributed by atoms with Crippen molar-refractivity contribution < 1.29 is 9.84 Å². The molecule has 2 atom stereocenters. The molecule has 0 unspecified atom stereocenters. The lowest BCUT2D eigenvalue weighted by atomic mass is 10.2. The number of pyridine rings is 1. The highest BCUT2D eigenvalue weighted by atomic mass is 35.5. The monoisotopic (exact) mass is 253 g/mol. The van der Waals surface area contributed by atoms with E-state index in [0.29, 0.717) is 10.7 Å². The van der Waals surface area contributed by atoms with E-state index >= 15 is 0 Å². The van der Waals surface area contributed by atoms with E-state index in [1.54, 1.807) is 12.5 Å². The fourth-order valence-corrected chi connectivity index (χ4v) is 2.39. The lowest BCUT2D eigenvalue weighted by Gasteiger charge is -2.14. The summed E-state index contributed by atoms with van der Waals surface area (Å²) in [6.45, 7) is 0.0610. The van der Waals surface area contributed by atoms with Crippen molar-refractivity contribution in [3.8, 4) is 0 Å². The minimum Gasteiger partial charge on any atom is -0.394 e. The summed E-state index contributed by atoms with van der Waals surface area (Å²) in [4.78, 5) is 8.23. The highest BCUT2D eigenvalue weighted by Gasteiger charge is 2.27. The number of fused-ring (bicyclic) bond motifs is 1. The maximum absolute atomic E-state index is 9.06. The summed E-state index contributed by atoms with van der Waals surface area (Å²) in [5.41, 5.74) is 1.60. The molecule has 0 saturated carbocycles. The van der Waals surface area contributed by atoms with E-state index in [2.05, 4.69) is 9.97 Å². The van der Waals surface area contributed by atoms with E-state index in [1.807, 2.05) is 10.6 Å². The summed E-state index contributed by atoms with van der Waals surface area (Å²) in [7, 11) is 0. The fourth-order valence-electron chi connectivity index (χ4n) is 2.18. The van der Waals surface area contributed by atoms with Crippen molar-refractivity contribution in [3.05, 3.63) is 23.7 Å². The molecule has 1 fully saturated rings. The van der Waals surface area contributed by atoms with Crippen LogP contribution >= 0.6 is 11.6 Å². The van der Waals surface area contributed by atoms with Crippen molar-refractivity contribution >= 4 is 22.6 Å². The highest BCUT2D eigenvalue weighted by molar-refractivity contribution is 6.33. The average molecular weight is 254 g/mol. The average Bonchev–Trinajstić information content (AvgIpc) is 2.94. The van der Waals surface area contributed by atoms with E-state index in [1.165, 1.54) is 0 Å². The molecule has 0 aliphatic carbocycles. The molecule has 2 aromatic rings. The van der Waals surface area contributed by atoms with Gasteiger partial charge in [-0.2, -0.15) is 0 Å². The SMILES string of the molecule is OC[C@@H]1CC[C@@H](n2cnc3c(Cl)nccc32)O1. The van der Waals surface area contributed by atoms with Crippen molar-refractivity contribution in [1.29, 1.82) is 0 Å². The van der Waals surface area contributed by atoms with Crippen LogP contribution in [0.2, 0.25) is 5.15 Å². The summed E-state index contributed by atoms with van der Waals surface area (Å²) < 4.78 is 7.66. The van der Waals surface area contributed by atoms with Gasteiger partial charge in [0, 0.05) is 6.20 Å². The van der Waals surface area contributed by atoms with Crippen molar-refractivity contribution in [1.82, 2.24) is 14.5 Å². The molecule has 3 heterocycles. The number of imidazole rings is 1. The topological polar surface area (TPSA) is 60.2 Å². The van der Waals surface area contributed by atoms with Crippen molar-refractivity contribution in [3.63, 3.8) is 0 Å². The van der Waals surface area contributed by atoms with Gasteiger partial charge in [-0.1, -0.05) is 11.6 Å². The van der Waals surface area contributed by atoms with Crippen LogP contribution in [0.4, 0.5) is 0 Å². The first kappa shape index (κ1) is 11.0. The second-order valence-corrected chi connectivity index (χ2v) is 4.45. The molecule has 1 saturated heterocycles. The van der Waals surface area contributed by atoms with Gasteiger partial charge in [-0.3, -0.25) is 0 Å². The standard InChI is InChI=1S/C11H12ClN3O2/c12-11-10-8(3-4-13-11)15(6-14-10)9-2-1-7(5-16)17-9/h3-4,6-7,9,16H,1-2,5H2/t7-,9-/m0/s1. The Bertz CT molecular complexity index is 542. The van der Waals surface area contributed by atoms with Crippen molar-refractivity contribution in [2.45, 2.75) is 25.2 Å². The van der Waals surface area contributed by atoms with Gasteiger partial charge in [0.2, 0.25) is 0 Å². The molecule has 3 rings (SSSR count). The number of nitrogens with zero attached hydrogens (tertiary/aromatic N) is 3. The Labute approximate surface area is 103 Å². The molecule has 90 valence electrons. The molecule has 2 aromatic heterocycles. The molecule has 5 nitrogen and oxygen atoms in total. The molecule has 0 bridgehead atoms. The number of hydrogen-bond donors (Lipinski definition) is 1. The van der Waals surface area contributed by atoms with Gasteiger partial charge in [0.15, 0.2) is 5.15 Å². The van der Waals surface area contributed by atoms with Crippen LogP contribution in [0.1, 0.15) is 19.1 Å². The number of aliphatic hydroxyl groups excluding tert-OH is 1. The van der Waals surface area contributed by atoms with Crippen LogP contribution in [0, 0.1) is 0 Å². The Kier molecular flexibility index (Phi) is 2.74. The molecule has 1 aliphatic heterocycles. The van der Waals surface area contributed by atoms with Crippen LogP contribution in [0.5, 0.6) is 0 Å². The molecule has 0 spiro atoms. The molecule has 0 amide bonds. The Morgan fingerprint density at radius 3 is 3.12 bits per heavy atom. The molecular weight excluding hydrogens is 242 g/mol. The molecule has 6 heteroatoms. The number of ether oxygens (including phenoxy) is 1. The quantitative estimate of drug-likeness (QED) is 0.829. The van der Waals surface area contributed by atoms with Crippen molar-refractivity contribution in [2.75, 3.05) is 6.61 Å². The predicted molar refractivity (Wildman–Crippen MR) is 62.8 cm³/mol. The number of aromatic nitrogens is 3. The third-order valence-corrected chi connectivity index (χ3v) is 3.32. The number of halogens is 1. The zero-order valence-corrected chi connectivity index (χ0v) is 9.84. The zero-order chi connectivity index (χ0) is 11.8. The Hall–Kier alpha value is -1.17. The minimum absolute atomic E-state index is 0.0610. The normalized spacial score (nSPS) is 24.6. The van der Waals surface area contributed by atoms with Crippen LogP contribution in [0.15, 0.2) is 18.6 Å². The Morgan fingerprint density at radius 2 is 2.35 bits per heavy atom. The zero-order valence-electron chi connectivity index (χ0n) is 9.08. The molecule has 0 aromatic carbocycles. The van der Waals surface area contributed by atoms with E-state index in [-0.39, 0.29) is 18.9 Å². The van der Waals surface area contributed by atoms with Crippen LogP contribution in [0.25, 0.3) is 11.0 Å². The lowest BCUT2D eigenvalue weighted by molar-refractivity contribution is -0.0204. The van der Waals surface area contributed by atoms with Gasteiger partial charge in [0.1, 0.15) is 11.7 Å². The summed E-state index contributed by atoms with van der Waals surface area (Å²) >= 11 is 5.97. The van der Waals surface area contributed by atoms with Crippen molar-refractivity contribution in [2.24, 2.45) is 0 Å². The number of rotatable bonds is 2. The maximum atomic E-state index is 9.06. The Balaban J connectivity index is 1.99. The van der Waals surface area contributed by atoms with Gasteiger partial charge in [0.05, 0.1) is 24.6 Å². The minimum atomic E-state index is -0.0743. The van der Waals surface area contributed by atoms with Gasteiger partial charge in [0.25, 0.3) is 0 Å². The van der Waals surface area contributed by atoms with E-state index in [4.69, 9.17) is 21.4 Å². The third-order valence-electron chi connectivity index (χ3n) is 3.05. The lowest BCUT2D eigenvalue weighted by Crippen LogP contribution is -2.13. The molecule has 17 heavy (non-hydrogen) atoms. The number of hydrogen-bond acceptors (Lipinski definition) is 4. The number of aliphatic hydroxyl groups is 1. The smallest absolute Gasteiger partial charge is 0.156 e. The predicted octanol–water partition coefficient (Wildman–Crippen LogP) is 1.75. The largest absolute Gasteiger partial charge is 0.394 e. The van der Waals surface area contributed by atoms with Gasteiger partial charge >= 0.3 is 0 Å². The molecule has 1 N–H and O–H groups in total. The van der Waals surface area contributed by atoms with Gasteiger partial charge in [-0.05, 0) is 18.9 Å². The second-order valence-electron chi connectivity index (χ2n) is 4.09. The van der Waals surface area contributed by atoms with Gasteiger partial charge in [-0.15, -0.1) is 0 Å². The summed E-state index contributed by atoms with van der Waals surface area (Å²) in [5.74, 6) is 0. The summed E-state index contributed by atoms with van der Waals surface area (Å²) in [6, 6.07) is 1.86. The highest BCUT2D eigenvalue weighted by Crippen LogP contribution is 2.31. The first-order chi connectivity index (χ1) is 8.29. The second kappa shape index (κ2) is 4.25.